The Balaban J connectivity index is 1.66. The average molecular weight is 434 g/mol. The maximum atomic E-state index is 6.17. The molecule has 0 aliphatic heterocycles. The van der Waals surface area contributed by atoms with Crippen molar-refractivity contribution in [3.05, 3.63) is 98.0 Å². The van der Waals surface area contributed by atoms with Gasteiger partial charge in [-0.05, 0) is 42.8 Å². The van der Waals surface area contributed by atoms with Gasteiger partial charge in [0.05, 0.1) is 12.8 Å². The van der Waals surface area contributed by atoms with E-state index in [0.29, 0.717) is 34.0 Å². The van der Waals surface area contributed by atoms with Crippen molar-refractivity contribution in [1.82, 2.24) is 5.43 Å². The van der Waals surface area contributed by atoms with Crippen LogP contribution in [-0.2, 0) is 13.2 Å². The first-order valence-electron chi connectivity index (χ1n) is 8.69. The van der Waals surface area contributed by atoms with E-state index in [9.17, 15) is 0 Å². The van der Waals surface area contributed by atoms with Gasteiger partial charge in [-0.25, -0.2) is 0 Å². The van der Waals surface area contributed by atoms with Gasteiger partial charge in [0.15, 0.2) is 0 Å². The van der Waals surface area contributed by atoms with E-state index >= 15 is 0 Å². The summed E-state index contributed by atoms with van der Waals surface area (Å²) in [6.07, 6.45) is 1.67. The molecule has 28 heavy (non-hydrogen) atoms. The van der Waals surface area contributed by atoms with Crippen LogP contribution in [0.5, 0.6) is 5.75 Å². The second-order valence-corrected chi connectivity index (χ2v) is 7.50. The second kappa shape index (κ2) is 9.83. The lowest BCUT2D eigenvalue weighted by Crippen LogP contribution is -2.07. The van der Waals surface area contributed by atoms with Gasteiger partial charge in [-0.3, -0.25) is 0 Å². The first-order valence-corrected chi connectivity index (χ1v) is 9.83. The van der Waals surface area contributed by atoms with Crippen molar-refractivity contribution in [3.63, 3.8) is 0 Å². The zero-order valence-electron chi connectivity index (χ0n) is 15.3. The molecule has 144 valence electrons. The van der Waals surface area contributed by atoms with Crippen LogP contribution in [0.15, 0.2) is 65.8 Å². The van der Waals surface area contributed by atoms with Crippen LogP contribution in [0.25, 0.3) is 0 Å². The van der Waals surface area contributed by atoms with Crippen molar-refractivity contribution in [2.45, 2.75) is 20.1 Å². The van der Waals surface area contributed by atoms with Crippen LogP contribution >= 0.6 is 34.8 Å². The summed E-state index contributed by atoms with van der Waals surface area (Å²) in [6.45, 7) is 2.93. The maximum absolute atomic E-state index is 6.17. The summed E-state index contributed by atoms with van der Waals surface area (Å²) in [5, 5.41) is 6.06. The lowest BCUT2D eigenvalue weighted by Gasteiger charge is -2.10. The molecule has 0 atom stereocenters. The van der Waals surface area contributed by atoms with Crippen LogP contribution in [0.2, 0.25) is 15.1 Å². The monoisotopic (exact) mass is 432 g/mol. The Labute approximate surface area is 179 Å². The molecule has 3 aromatic rings. The highest BCUT2D eigenvalue weighted by molar-refractivity contribution is 6.36. The van der Waals surface area contributed by atoms with Gasteiger partial charge < -0.3 is 10.2 Å². The highest BCUT2D eigenvalue weighted by Gasteiger charge is 2.06. The molecule has 0 unspecified atom stereocenters. The molecule has 6 heteroatoms. The zero-order chi connectivity index (χ0) is 19.9. The minimum Gasteiger partial charge on any atom is -0.488 e. The Morgan fingerprint density at radius 3 is 2.39 bits per heavy atom. The largest absolute Gasteiger partial charge is 0.488 e. The van der Waals surface area contributed by atoms with Crippen molar-refractivity contribution in [2.75, 3.05) is 0 Å². The molecule has 3 nitrogen and oxygen atoms in total. The van der Waals surface area contributed by atoms with E-state index in [2.05, 4.69) is 29.6 Å². The molecule has 0 aromatic heterocycles. The van der Waals surface area contributed by atoms with Crippen molar-refractivity contribution < 1.29 is 4.74 Å². The number of nitrogens with zero attached hydrogens (tertiary/aromatic N) is 1. The van der Waals surface area contributed by atoms with Crippen molar-refractivity contribution in [3.8, 4) is 5.75 Å². The fourth-order valence-electron chi connectivity index (χ4n) is 2.54. The number of hydrogen-bond acceptors (Lipinski definition) is 3. The van der Waals surface area contributed by atoms with Crippen molar-refractivity contribution in [1.29, 1.82) is 0 Å². The fourth-order valence-corrected chi connectivity index (χ4v) is 3.25. The third kappa shape index (κ3) is 5.65. The van der Waals surface area contributed by atoms with Gasteiger partial charge in [0.1, 0.15) is 12.4 Å². The number of halogens is 3. The minimum absolute atomic E-state index is 0.412. The first-order chi connectivity index (χ1) is 13.5. The maximum Gasteiger partial charge on any atom is 0.128 e. The molecule has 0 radical (unpaired) electrons. The Bertz CT molecular complexity index is 952. The summed E-state index contributed by atoms with van der Waals surface area (Å²) < 4.78 is 5.95. The molecule has 3 aromatic carbocycles. The molecule has 0 spiro atoms. The molecule has 0 saturated heterocycles. The molecular weight excluding hydrogens is 415 g/mol. The van der Waals surface area contributed by atoms with Crippen LogP contribution in [0.1, 0.15) is 22.3 Å². The quantitative estimate of drug-likeness (QED) is 0.334. The van der Waals surface area contributed by atoms with E-state index in [0.717, 1.165) is 16.7 Å². The van der Waals surface area contributed by atoms with Gasteiger partial charge in [0, 0.05) is 26.2 Å². The molecule has 0 aliphatic rings. The number of ether oxygens (including phenoxy) is 1. The molecule has 0 saturated carbocycles. The Morgan fingerprint density at radius 2 is 1.68 bits per heavy atom. The highest BCUT2D eigenvalue weighted by atomic mass is 35.5. The number of rotatable bonds is 7. The number of benzene rings is 3. The molecule has 0 amide bonds. The van der Waals surface area contributed by atoms with E-state index in [1.807, 2.05) is 18.2 Å². The summed E-state index contributed by atoms with van der Waals surface area (Å²) in [6, 6.07) is 19.1. The van der Waals surface area contributed by atoms with Crippen molar-refractivity contribution in [2.24, 2.45) is 5.10 Å². The molecule has 0 heterocycles. The molecular formula is C22H19Cl3N2O. The first kappa shape index (κ1) is 20.5. The molecule has 0 fully saturated rings. The van der Waals surface area contributed by atoms with E-state index in [1.165, 1.54) is 5.56 Å². The minimum atomic E-state index is 0.412. The third-order valence-corrected chi connectivity index (χ3v) is 5.04. The van der Waals surface area contributed by atoms with E-state index < -0.39 is 0 Å². The fraction of sp³-hybridized carbons (Fsp3) is 0.136. The second-order valence-electron chi connectivity index (χ2n) is 6.25. The van der Waals surface area contributed by atoms with Crippen LogP contribution in [-0.4, -0.2) is 6.21 Å². The normalized spacial score (nSPS) is 11.0. The Morgan fingerprint density at radius 1 is 0.964 bits per heavy atom. The number of nitrogens with one attached hydrogen (secondary N) is 1. The number of aryl methyl sites for hydroxylation is 1. The summed E-state index contributed by atoms with van der Waals surface area (Å²) in [4.78, 5) is 0. The van der Waals surface area contributed by atoms with Crippen molar-refractivity contribution >= 4 is 41.0 Å². The lowest BCUT2D eigenvalue weighted by molar-refractivity contribution is 0.306. The van der Waals surface area contributed by atoms with Gasteiger partial charge in [0.25, 0.3) is 0 Å². The van der Waals surface area contributed by atoms with E-state index in [4.69, 9.17) is 39.5 Å². The smallest absolute Gasteiger partial charge is 0.128 e. The van der Waals surface area contributed by atoms with Gasteiger partial charge in [-0.1, -0.05) is 70.7 Å². The molecule has 0 bridgehead atoms. The van der Waals surface area contributed by atoms with Gasteiger partial charge >= 0.3 is 0 Å². The SMILES string of the molecule is Cc1ccc(COc2ccc(Cl)cc2/C=N\NCc2c(Cl)cccc2Cl)cc1. The number of hydrogen-bond donors (Lipinski definition) is 1. The predicted molar refractivity (Wildman–Crippen MR) is 118 cm³/mol. The van der Waals surface area contributed by atoms with Gasteiger partial charge in [-0.15, -0.1) is 0 Å². The summed E-state index contributed by atoms with van der Waals surface area (Å²) in [7, 11) is 0. The van der Waals surface area contributed by atoms with Crippen LogP contribution in [0, 0.1) is 6.92 Å². The third-order valence-electron chi connectivity index (χ3n) is 4.10. The van der Waals surface area contributed by atoms with Crippen LogP contribution < -0.4 is 10.2 Å². The van der Waals surface area contributed by atoms with Gasteiger partial charge in [0.2, 0.25) is 0 Å². The summed E-state index contributed by atoms with van der Waals surface area (Å²) in [5.74, 6) is 0.700. The Hall–Kier alpha value is -2.20. The van der Waals surface area contributed by atoms with E-state index in [1.54, 1.807) is 36.5 Å². The summed E-state index contributed by atoms with van der Waals surface area (Å²) >= 11 is 18.5. The van der Waals surface area contributed by atoms with Crippen LogP contribution in [0.4, 0.5) is 0 Å². The average Bonchev–Trinajstić information content (AvgIpc) is 2.67. The van der Waals surface area contributed by atoms with E-state index in [-0.39, 0.29) is 0 Å². The Kier molecular flexibility index (Phi) is 7.21. The van der Waals surface area contributed by atoms with Gasteiger partial charge in [-0.2, -0.15) is 5.10 Å². The van der Waals surface area contributed by atoms with Crippen LogP contribution in [0.3, 0.4) is 0 Å². The predicted octanol–water partition coefficient (Wildman–Crippen LogP) is 6.66. The highest BCUT2D eigenvalue weighted by Crippen LogP contribution is 2.24. The topological polar surface area (TPSA) is 33.6 Å². The number of hydrazone groups is 1. The molecule has 3 rings (SSSR count). The summed E-state index contributed by atoms with van der Waals surface area (Å²) in [5.41, 5.74) is 6.84. The molecule has 1 N–H and O–H groups in total. The standard InChI is InChI=1S/C22H19Cl3N2O/c1-15-5-7-16(8-6-15)14-28-22-10-9-18(23)11-17(22)12-26-27-13-19-20(24)3-2-4-21(19)25/h2-12,27H,13-14H2,1H3/b26-12-. The lowest BCUT2D eigenvalue weighted by atomic mass is 10.1. The zero-order valence-corrected chi connectivity index (χ0v) is 17.5. The molecule has 0 aliphatic carbocycles.